The first-order valence-corrected chi connectivity index (χ1v) is 2.61. The summed E-state index contributed by atoms with van der Waals surface area (Å²) in [5.41, 5.74) is 0. The van der Waals surface area contributed by atoms with Crippen molar-refractivity contribution in [1.82, 2.24) is 0 Å². The molecule has 3 atom stereocenters. The molecule has 0 amide bonds. The predicted octanol–water partition coefficient (Wildman–Crippen LogP) is -0.397. The first-order chi connectivity index (χ1) is 3.72. The van der Waals surface area contributed by atoms with Crippen molar-refractivity contribution in [2.45, 2.75) is 25.2 Å². The molecule has 0 aliphatic carbocycles. The zero-order valence-electron chi connectivity index (χ0n) is 5.06. The van der Waals surface area contributed by atoms with E-state index < -0.39 is 12.2 Å². The van der Waals surface area contributed by atoms with Crippen LogP contribution in [-0.4, -0.2) is 34.7 Å². The van der Waals surface area contributed by atoms with E-state index in [2.05, 4.69) is 4.99 Å². The maximum absolute atomic E-state index is 8.89. The molecule has 0 fully saturated rings. The number of rotatable bonds is 0. The summed E-state index contributed by atoms with van der Waals surface area (Å²) in [5, 5.41) is 17.7. The quantitative estimate of drug-likeness (QED) is 0.495. The maximum atomic E-state index is 8.89. The second kappa shape index (κ2) is 3.15. The summed E-state index contributed by atoms with van der Waals surface area (Å²) >= 11 is 0. The molecule has 0 unspecified atom stereocenters. The number of halogens is 1. The van der Waals surface area contributed by atoms with Gasteiger partial charge in [-0.2, -0.15) is 0 Å². The third kappa shape index (κ3) is 1.64. The van der Waals surface area contributed by atoms with Crippen LogP contribution in [0.1, 0.15) is 6.92 Å². The Morgan fingerprint density at radius 3 is 2.11 bits per heavy atom. The molecule has 0 saturated carbocycles. The van der Waals surface area contributed by atoms with Crippen LogP contribution in [-0.2, 0) is 0 Å². The number of aliphatic hydroxyl groups is 2. The Kier molecular flexibility index (Phi) is 3.11. The highest BCUT2D eigenvalue weighted by atomic mass is 35.5. The smallest absolute Gasteiger partial charge is 0.117 e. The minimum Gasteiger partial charge on any atom is -0.388 e. The fraction of sp³-hybridized carbons (Fsp3) is 0.800. The van der Waals surface area contributed by atoms with Crippen LogP contribution in [0.15, 0.2) is 4.99 Å². The molecule has 1 aliphatic heterocycles. The third-order valence-electron chi connectivity index (χ3n) is 1.32. The van der Waals surface area contributed by atoms with E-state index in [0.717, 1.165) is 0 Å². The van der Waals surface area contributed by atoms with Crippen LogP contribution in [0.5, 0.6) is 0 Å². The van der Waals surface area contributed by atoms with Crippen molar-refractivity contribution in [3.63, 3.8) is 0 Å². The highest BCUT2D eigenvalue weighted by Crippen LogP contribution is 2.08. The van der Waals surface area contributed by atoms with Gasteiger partial charge in [-0.05, 0) is 6.92 Å². The highest BCUT2D eigenvalue weighted by Gasteiger charge is 2.25. The van der Waals surface area contributed by atoms with Crippen LogP contribution in [0.25, 0.3) is 0 Å². The van der Waals surface area contributed by atoms with Gasteiger partial charge in [0.25, 0.3) is 0 Å². The molecule has 0 aromatic carbocycles. The number of aliphatic imine (C=N–C) groups is 1. The van der Waals surface area contributed by atoms with Crippen molar-refractivity contribution >= 4 is 18.6 Å². The first-order valence-electron chi connectivity index (χ1n) is 2.61. The standard InChI is InChI=1S/C5H9NO2.ClH/c1-3-5(8)4(7)2-6-3;/h2-5,7-8H,1H3;1H/t3-,4+,5+;/m0./s1. The van der Waals surface area contributed by atoms with Gasteiger partial charge in [0.05, 0.1) is 6.04 Å². The SMILES string of the molecule is C[C@@H]1N=C[C@@H](O)[C@@H]1O.Cl. The minimum absolute atomic E-state index is 0. The Labute approximate surface area is 59.8 Å². The van der Waals surface area contributed by atoms with Crippen molar-refractivity contribution in [2.24, 2.45) is 4.99 Å². The van der Waals surface area contributed by atoms with Gasteiger partial charge in [0.1, 0.15) is 12.2 Å². The van der Waals surface area contributed by atoms with Crippen LogP contribution < -0.4 is 0 Å². The zero-order valence-corrected chi connectivity index (χ0v) is 5.88. The number of hydrogen-bond donors (Lipinski definition) is 2. The fourth-order valence-corrected chi connectivity index (χ4v) is 0.686. The van der Waals surface area contributed by atoms with Gasteiger partial charge in [-0.25, -0.2) is 0 Å². The van der Waals surface area contributed by atoms with Gasteiger partial charge in [0.15, 0.2) is 0 Å². The average molecular weight is 152 g/mol. The van der Waals surface area contributed by atoms with Gasteiger partial charge in [0.2, 0.25) is 0 Å². The molecule has 0 spiro atoms. The topological polar surface area (TPSA) is 52.8 Å². The third-order valence-corrected chi connectivity index (χ3v) is 1.32. The highest BCUT2D eigenvalue weighted by molar-refractivity contribution is 5.85. The Morgan fingerprint density at radius 2 is 2.00 bits per heavy atom. The lowest BCUT2D eigenvalue weighted by molar-refractivity contribution is 0.0608. The van der Waals surface area contributed by atoms with Crippen molar-refractivity contribution in [2.75, 3.05) is 0 Å². The van der Waals surface area contributed by atoms with E-state index >= 15 is 0 Å². The molecule has 0 radical (unpaired) electrons. The van der Waals surface area contributed by atoms with Gasteiger partial charge < -0.3 is 10.2 Å². The van der Waals surface area contributed by atoms with E-state index in [0.29, 0.717) is 0 Å². The van der Waals surface area contributed by atoms with Crippen LogP contribution in [0.2, 0.25) is 0 Å². The molecule has 1 rings (SSSR count). The van der Waals surface area contributed by atoms with Crippen molar-refractivity contribution in [1.29, 1.82) is 0 Å². The van der Waals surface area contributed by atoms with E-state index in [4.69, 9.17) is 10.2 Å². The lowest BCUT2D eigenvalue weighted by Gasteiger charge is -2.08. The van der Waals surface area contributed by atoms with Crippen molar-refractivity contribution in [3.8, 4) is 0 Å². The van der Waals surface area contributed by atoms with E-state index in [1.165, 1.54) is 6.21 Å². The Balaban J connectivity index is 0.000000640. The average Bonchev–Trinajstić information content (AvgIpc) is 1.98. The molecule has 0 aromatic rings. The lowest BCUT2D eigenvalue weighted by atomic mass is 10.2. The van der Waals surface area contributed by atoms with Crippen LogP contribution in [0.4, 0.5) is 0 Å². The molecule has 1 aliphatic rings. The maximum Gasteiger partial charge on any atom is 0.117 e. The molecule has 9 heavy (non-hydrogen) atoms. The Bertz CT molecular complexity index is 106. The monoisotopic (exact) mass is 151 g/mol. The fourth-order valence-electron chi connectivity index (χ4n) is 0.686. The zero-order chi connectivity index (χ0) is 6.15. The molecule has 0 aromatic heterocycles. The summed E-state index contributed by atoms with van der Waals surface area (Å²) < 4.78 is 0. The lowest BCUT2D eigenvalue weighted by Crippen LogP contribution is -2.28. The van der Waals surface area contributed by atoms with E-state index in [-0.39, 0.29) is 18.4 Å². The van der Waals surface area contributed by atoms with E-state index in [9.17, 15) is 0 Å². The van der Waals surface area contributed by atoms with Crippen LogP contribution >= 0.6 is 12.4 Å². The summed E-state index contributed by atoms with van der Waals surface area (Å²) in [6, 6.07) is -0.134. The molecule has 54 valence electrons. The number of aliphatic hydroxyl groups excluding tert-OH is 2. The second-order valence-electron chi connectivity index (χ2n) is 2.02. The van der Waals surface area contributed by atoms with Crippen molar-refractivity contribution in [3.05, 3.63) is 0 Å². The Morgan fingerprint density at radius 1 is 1.44 bits per heavy atom. The van der Waals surface area contributed by atoms with Gasteiger partial charge in [-0.3, -0.25) is 4.99 Å². The van der Waals surface area contributed by atoms with E-state index in [1.807, 2.05) is 0 Å². The normalized spacial score (nSPS) is 40.6. The molecular formula is C5H10ClNO2. The number of nitrogens with zero attached hydrogens (tertiary/aromatic N) is 1. The van der Waals surface area contributed by atoms with Crippen LogP contribution in [0, 0.1) is 0 Å². The molecular weight excluding hydrogens is 142 g/mol. The van der Waals surface area contributed by atoms with Gasteiger partial charge in [0, 0.05) is 6.21 Å². The van der Waals surface area contributed by atoms with Crippen molar-refractivity contribution < 1.29 is 10.2 Å². The number of hydrogen-bond acceptors (Lipinski definition) is 3. The summed E-state index contributed by atoms with van der Waals surface area (Å²) in [7, 11) is 0. The largest absolute Gasteiger partial charge is 0.388 e. The second-order valence-corrected chi connectivity index (χ2v) is 2.02. The van der Waals surface area contributed by atoms with Crippen LogP contribution in [0.3, 0.4) is 0 Å². The summed E-state index contributed by atoms with van der Waals surface area (Å²) in [4.78, 5) is 3.77. The summed E-state index contributed by atoms with van der Waals surface area (Å²) in [6.07, 6.45) is -0.0602. The van der Waals surface area contributed by atoms with Gasteiger partial charge >= 0.3 is 0 Å². The molecule has 1 heterocycles. The molecule has 4 heteroatoms. The summed E-state index contributed by atoms with van der Waals surface area (Å²) in [6.45, 7) is 1.76. The first kappa shape index (κ1) is 8.88. The predicted molar refractivity (Wildman–Crippen MR) is 37.2 cm³/mol. The molecule has 0 bridgehead atoms. The summed E-state index contributed by atoms with van der Waals surface area (Å²) in [5.74, 6) is 0. The van der Waals surface area contributed by atoms with E-state index in [1.54, 1.807) is 6.92 Å². The molecule has 0 saturated heterocycles. The minimum atomic E-state index is -0.745. The van der Waals surface area contributed by atoms with Gasteiger partial charge in [-0.1, -0.05) is 0 Å². The van der Waals surface area contributed by atoms with Gasteiger partial charge in [-0.15, -0.1) is 12.4 Å². The Hall–Kier alpha value is -0.120. The molecule has 2 N–H and O–H groups in total. The molecule has 3 nitrogen and oxygen atoms in total.